The Balaban J connectivity index is 1.49. The maximum atomic E-state index is 12.1. The number of piperidine rings is 1. The number of fused-ring (bicyclic) bond motifs is 1. The molecule has 0 aromatic carbocycles. The molecule has 3 rings (SSSR count). The lowest BCUT2D eigenvalue weighted by atomic mass is 10.00. The van der Waals surface area contributed by atoms with Crippen molar-refractivity contribution in [3.8, 4) is 0 Å². The zero-order valence-electron chi connectivity index (χ0n) is 17.1. The van der Waals surface area contributed by atoms with Gasteiger partial charge < -0.3 is 19.9 Å². The number of ether oxygens (including phenoxy) is 1. The highest BCUT2D eigenvalue weighted by atomic mass is 28.3. The van der Waals surface area contributed by atoms with E-state index in [1.807, 2.05) is 16.8 Å². The SMILES string of the molecule is C[Si](C)(C)CCOCn1ccc2nc(NC(=O)NCC3CCCNC3)cnc21. The van der Waals surface area contributed by atoms with Crippen LogP contribution >= 0.6 is 0 Å². The first-order valence-electron chi connectivity index (χ1n) is 10.1. The Bertz CT molecular complexity index is 782. The number of hydrogen-bond acceptors (Lipinski definition) is 5. The zero-order chi connectivity index (χ0) is 20.0. The van der Waals surface area contributed by atoms with Gasteiger partial charge >= 0.3 is 6.03 Å². The largest absolute Gasteiger partial charge is 0.361 e. The van der Waals surface area contributed by atoms with Crippen molar-refractivity contribution in [2.24, 2.45) is 5.92 Å². The van der Waals surface area contributed by atoms with Crippen molar-refractivity contribution in [2.75, 3.05) is 31.6 Å². The van der Waals surface area contributed by atoms with E-state index in [0.29, 0.717) is 25.0 Å². The molecule has 1 unspecified atom stereocenters. The fourth-order valence-electron chi connectivity index (χ4n) is 3.16. The first-order valence-corrected chi connectivity index (χ1v) is 13.8. The van der Waals surface area contributed by atoms with Gasteiger partial charge in [-0.25, -0.2) is 14.8 Å². The molecule has 2 amide bonds. The second kappa shape index (κ2) is 9.49. The molecule has 0 bridgehead atoms. The monoisotopic (exact) mass is 404 g/mol. The maximum absolute atomic E-state index is 12.1. The third kappa shape index (κ3) is 6.28. The Morgan fingerprint density at radius 1 is 1.43 bits per heavy atom. The highest BCUT2D eigenvalue weighted by Gasteiger charge is 2.15. The minimum Gasteiger partial charge on any atom is -0.361 e. The van der Waals surface area contributed by atoms with Crippen molar-refractivity contribution in [1.29, 1.82) is 0 Å². The molecule has 1 atom stereocenters. The quantitative estimate of drug-likeness (QED) is 0.465. The number of hydrogen-bond donors (Lipinski definition) is 3. The molecular formula is C19H32N6O2Si. The van der Waals surface area contributed by atoms with Gasteiger partial charge in [0.25, 0.3) is 0 Å². The molecule has 2 aromatic rings. The Kier molecular flexibility index (Phi) is 7.03. The van der Waals surface area contributed by atoms with Crippen LogP contribution in [0.1, 0.15) is 12.8 Å². The topological polar surface area (TPSA) is 93.1 Å². The highest BCUT2D eigenvalue weighted by Crippen LogP contribution is 2.15. The summed E-state index contributed by atoms with van der Waals surface area (Å²) >= 11 is 0. The predicted octanol–water partition coefficient (Wildman–Crippen LogP) is 2.86. The Hall–Kier alpha value is -1.97. The molecule has 1 fully saturated rings. The summed E-state index contributed by atoms with van der Waals surface area (Å²) in [6, 6.07) is 2.78. The molecule has 1 aliphatic rings. The third-order valence-electron chi connectivity index (χ3n) is 4.88. The van der Waals surface area contributed by atoms with Crippen LogP contribution in [0, 0.1) is 5.92 Å². The summed E-state index contributed by atoms with van der Waals surface area (Å²) in [6.45, 7) is 10.9. The summed E-state index contributed by atoms with van der Waals surface area (Å²) < 4.78 is 7.73. The number of nitrogens with one attached hydrogen (secondary N) is 3. The molecule has 0 saturated carbocycles. The summed E-state index contributed by atoms with van der Waals surface area (Å²) in [7, 11) is -1.09. The predicted molar refractivity (Wildman–Crippen MR) is 114 cm³/mol. The number of rotatable bonds is 8. The molecule has 8 nitrogen and oxygen atoms in total. The minimum atomic E-state index is -1.09. The Morgan fingerprint density at radius 2 is 2.29 bits per heavy atom. The van der Waals surface area contributed by atoms with Crippen LogP contribution in [0.5, 0.6) is 0 Å². The van der Waals surface area contributed by atoms with Gasteiger partial charge in [-0.05, 0) is 44.0 Å². The van der Waals surface area contributed by atoms with Crippen molar-refractivity contribution in [3.05, 3.63) is 18.5 Å². The van der Waals surface area contributed by atoms with Crippen molar-refractivity contribution in [1.82, 2.24) is 25.2 Å². The second-order valence-electron chi connectivity index (χ2n) is 8.65. The van der Waals surface area contributed by atoms with Crippen molar-refractivity contribution in [2.45, 2.75) is 45.3 Å². The lowest BCUT2D eigenvalue weighted by Gasteiger charge is -2.22. The van der Waals surface area contributed by atoms with Crippen LogP contribution in [0.4, 0.5) is 10.6 Å². The van der Waals surface area contributed by atoms with Crippen molar-refractivity contribution < 1.29 is 9.53 Å². The number of urea groups is 1. The summed E-state index contributed by atoms with van der Waals surface area (Å²) in [5, 5.41) is 9.04. The van der Waals surface area contributed by atoms with E-state index in [4.69, 9.17) is 4.74 Å². The van der Waals surface area contributed by atoms with Gasteiger partial charge in [-0.15, -0.1) is 0 Å². The maximum Gasteiger partial charge on any atom is 0.320 e. The van der Waals surface area contributed by atoms with Crippen LogP contribution in [0.15, 0.2) is 18.5 Å². The van der Waals surface area contributed by atoms with E-state index in [0.717, 1.165) is 49.7 Å². The molecule has 2 aromatic heterocycles. The summed E-state index contributed by atoms with van der Waals surface area (Å²) in [4.78, 5) is 21.0. The normalized spacial score (nSPS) is 17.6. The van der Waals surface area contributed by atoms with Gasteiger partial charge in [0.2, 0.25) is 0 Å². The lowest BCUT2D eigenvalue weighted by Crippen LogP contribution is -2.39. The molecule has 3 N–H and O–H groups in total. The van der Waals surface area contributed by atoms with Crippen LogP contribution in [0.3, 0.4) is 0 Å². The zero-order valence-corrected chi connectivity index (χ0v) is 18.1. The first kappa shape index (κ1) is 20.8. The standard InChI is InChI=1S/C19H32N6O2Si/c1-28(2,3)10-9-27-14-25-8-6-16-18(25)21-13-17(23-16)24-19(26)22-12-15-5-4-7-20-11-15/h6,8,13,15,20H,4-5,7,9-12,14H2,1-3H3,(H2,22,23,24,26). The van der Waals surface area contributed by atoms with E-state index in [9.17, 15) is 4.79 Å². The van der Waals surface area contributed by atoms with Gasteiger partial charge in [-0.2, -0.15) is 0 Å². The van der Waals surface area contributed by atoms with Crippen molar-refractivity contribution >= 4 is 31.1 Å². The number of nitrogens with zero attached hydrogens (tertiary/aromatic N) is 3. The average Bonchev–Trinajstić information content (AvgIpc) is 3.06. The van der Waals surface area contributed by atoms with Gasteiger partial charge in [-0.1, -0.05) is 19.6 Å². The number of anilines is 1. The summed E-state index contributed by atoms with van der Waals surface area (Å²) in [6.07, 6.45) is 5.81. The van der Waals surface area contributed by atoms with E-state index in [2.05, 4.69) is 45.6 Å². The second-order valence-corrected chi connectivity index (χ2v) is 14.3. The Labute approximate surface area is 167 Å². The van der Waals surface area contributed by atoms with E-state index in [1.165, 1.54) is 0 Å². The lowest BCUT2D eigenvalue weighted by molar-refractivity contribution is 0.0899. The van der Waals surface area contributed by atoms with Gasteiger partial charge in [0.15, 0.2) is 11.5 Å². The molecule has 154 valence electrons. The van der Waals surface area contributed by atoms with E-state index < -0.39 is 8.07 Å². The van der Waals surface area contributed by atoms with Crippen molar-refractivity contribution in [3.63, 3.8) is 0 Å². The van der Waals surface area contributed by atoms with Gasteiger partial charge in [0.05, 0.1) is 6.20 Å². The highest BCUT2D eigenvalue weighted by molar-refractivity contribution is 6.76. The van der Waals surface area contributed by atoms with E-state index in [1.54, 1.807) is 6.20 Å². The molecule has 0 aliphatic carbocycles. The molecule has 0 spiro atoms. The number of carbonyl (C=O) groups excluding carboxylic acids is 1. The molecule has 1 saturated heterocycles. The van der Waals surface area contributed by atoms with Gasteiger partial charge in [0, 0.05) is 27.4 Å². The van der Waals surface area contributed by atoms with Gasteiger partial charge in [0.1, 0.15) is 12.2 Å². The molecule has 28 heavy (non-hydrogen) atoms. The fourth-order valence-corrected chi connectivity index (χ4v) is 3.92. The minimum absolute atomic E-state index is 0.242. The molecule has 9 heteroatoms. The van der Waals surface area contributed by atoms with Crippen LogP contribution in [0.2, 0.25) is 25.7 Å². The van der Waals surface area contributed by atoms with Crippen LogP contribution in [-0.2, 0) is 11.5 Å². The Morgan fingerprint density at radius 3 is 3.04 bits per heavy atom. The van der Waals surface area contributed by atoms with Crippen LogP contribution in [-0.4, -0.2) is 54.9 Å². The number of aromatic nitrogens is 3. The van der Waals surface area contributed by atoms with Crippen LogP contribution < -0.4 is 16.0 Å². The first-order chi connectivity index (χ1) is 13.4. The van der Waals surface area contributed by atoms with E-state index in [-0.39, 0.29) is 6.03 Å². The van der Waals surface area contributed by atoms with Crippen LogP contribution in [0.25, 0.3) is 11.2 Å². The smallest absolute Gasteiger partial charge is 0.320 e. The van der Waals surface area contributed by atoms with E-state index >= 15 is 0 Å². The van der Waals surface area contributed by atoms with Gasteiger partial charge in [-0.3, -0.25) is 5.32 Å². The summed E-state index contributed by atoms with van der Waals surface area (Å²) in [5.74, 6) is 0.937. The number of carbonyl (C=O) groups is 1. The molecular weight excluding hydrogens is 372 g/mol. The summed E-state index contributed by atoms with van der Waals surface area (Å²) in [5.41, 5.74) is 1.50. The molecule has 0 radical (unpaired) electrons. The molecule has 3 heterocycles. The molecule has 1 aliphatic heterocycles. The number of amides is 2. The third-order valence-corrected chi connectivity index (χ3v) is 6.59. The average molecular weight is 405 g/mol. The fraction of sp³-hybridized carbons (Fsp3) is 0.632.